The van der Waals surface area contributed by atoms with E-state index in [4.69, 9.17) is 5.73 Å². The van der Waals surface area contributed by atoms with E-state index in [2.05, 4.69) is 11.9 Å². The average molecular weight is 722 g/mol. The van der Waals surface area contributed by atoms with Crippen LogP contribution in [0.25, 0.3) is 0 Å². The lowest BCUT2D eigenvalue weighted by Crippen LogP contribution is -2.77. The molecule has 0 aromatic heterocycles. The van der Waals surface area contributed by atoms with Crippen molar-refractivity contribution >= 4 is 34.9 Å². The summed E-state index contributed by atoms with van der Waals surface area (Å²) in [6.45, 7) is 5.98. The first-order chi connectivity index (χ1) is 25.1. The summed E-state index contributed by atoms with van der Waals surface area (Å²) in [4.78, 5) is 83.5. The van der Waals surface area contributed by atoms with Crippen LogP contribution in [0.4, 0.5) is 0 Å². The van der Waals surface area contributed by atoms with Gasteiger partial charge >= 0.3 is 0 Å². The number of carbonyl (C=O) groups excluding carboxylic acids is 6. The Labute approximate surface area is 306 Å². The van der Waals surface area contributed by atoms with Gasteiger partial charge in [-0.25, -0.2) is 0 Å². The summed E-state index contributed by atoms with van der Waals surface area (Å²) in [7, 11) is 2.87. The van der Waals surface area contributed by atoms with Gasteiger partial charge in [-0.15, -0.1) is 0 Å². The number of amides is 2. The Hall–Kier alpha value is -5.30. The molecular formula is C41H43N3O9. The van der Waals surface area contributed by atoms with Crippen molar-refractivity contribution in [1.29, 1.82) is 0 Å². The van der Waals surface area contributed by atoms with E-state index >= 15 is 0 Å². The van der Waals surface area contributed by atoms with Crippen molar-refractivity contribution in [3.8, 4) is 5.75 Å². The van der Waals surface area contributed by atoms with Gasteiger partial charge < -0.3 is 26.4 Å². The number of hydrogen-bond acceptors (Lipinski definition) is 10. The molecule has 6 N–H and O–H groups in total. The monoisotopic (exact) mass is 721 g/mol. The number of primary amides is 1. The molecule has 2 amide bonds. The summed E-state index contributed by atoms with van der Waals surface area (Å²) in [6, 6.07) is 19.4. The van der Waals surface area contributed by atoms with Crippen molar-refractivity contribution in [2.45, 2.75) is 55.9 Å². The van der Waals surface area contributed by atoms with Crippen LogP contribution in [0.3, 0.4) is 0 Å². The van der Waals surface area contributed by atoms with Crippen LogP contribution >= 0.6 is 0 Å². The molecule has 0 spiro atoms. The van der Waals surface area contributed by atoms with Crippen LogP contribution in [-0.4, -0.2) is 87.0 Å². The zero-order chi connectivity index (χ0) is 38.5. The normalized spacial score (nSPS) is 28.5. The van der Waals surface area contributed by atoms with Crippen molar-refractivity contribution in [2.24, 2.45) is 29.4 Å². The summed E-state index contributed by atoms with van der Waals surface area (Å²) in [5.74, 6) is -14.8. The molecule has 0 radical (unpaired) electrons. The standard InChI is InChI=1S/C41H43N3O9/c1-20(19-23-13-9-6-10-14-23)33(43-26(46)18-15-22-11-7-5-8-12-22)24-16-17-25(45)29-27(24)21(2)28-30(35(29)47)38(50)41(53)32(36(28)48)34(44(3)4)37(49)31(39(41)51)40(42)52/h5-14,16-17,21,28,30-34,36,45,48,53H,1,15,18-19H2,2-4H3,(H2,42,52)(H,43,46)/t21-,28+,30?,31?,32+,33?,34-,36-,41-/m1/s1. The van der Waals surface area contributed by atoms with E-state index in [1.165, 1.54) is 25.1 Å². The van der Waals surface area contributed by atoms with Crippen LogP contribution in [0.15, 0.2) is 84.9 Å². The SMILES string of the molecule is C=C(Cc1ccccc1)C(NC(=O)CCc1ccccc1)c1ccc(O)c2c1[C@@H](C)[C@H]1C(C2=O)C(=O)[C@@]2(O)C(=O)C(C(N)=O)C(=O)[C@H](N(C)C)[C@H]2[C@@H]1O. The molecule has 2 fully saturated rings. The molecule has 53 heavy (non-hydrogen) atoms. The number of ketones is 4. The number of aryl methyl sites for hydroxylation is 1. The van der Waals surface area contributed by atoms with Gasteiger partial charge in [0.05, 0.1) is 35.6 Å². The highest BCUT2D eigenvalue weighted by Gasteiger charge is 2.73. The van der Waals surface area contributed by atoms with Crippen molar-refractivity contribution in [3.63, 3.8) is 0 Å². The van der Waals surface area contributed by atoms with Gasteiger partial charge in [0.15, 0.2) is 34.7 Å². The minimum absolute atomic E-state index is 0.131. The highest BCUT2D eigenvalue weighted by Crippen LogP contribution is 2.55. The van der Waals surface area contributed by atoms with E-state index in [-0.39, 0.29) is 23.5 Å². The number of phenolic OH excluding ortho intramolecular Hbond substituents is 1. The molecule has 3 unspecified atom stereocenters. The number of nitrogens with zero attached hydrogens (tertiary/aromatic N) is 1. The Morgan fingerprint density at radius 2 is 1.55 bits per heavy atom. The van der Waals surface area contributed by atoms with E-state index in [0.717, 1.165) is 11.1 Å². The molecule has 6 rings (SSSR count). The summed E-state index contributed by atoms with van der Waals surface area (Å²) in [5, 5.41) is 38.4. The van der Waals surface area contributed by atoms with Crippen LogP contribution in [0.5, 0.6) is 5.75 Å². The lowest BCUT2D eigenvalue weighted by atomic mass is 9.49. The molecule has 3 aromatic rings. The fourth-order valence-electron chi connectivity index (χ4n) is 8.85. The zero-order valence-corrected chi connectivity index (χ0v) is 29.7. The summed E-state index contributed by atoms with van der Waals surface area (Å²) < 4.78 is 0. The zero-order valence-electron chi connectivity index (χ0n) is 29.7. The van der Waals surface area contributed by atoms with Gasteiger partial charge in [0.25, 0.3) is 0 Å². The minimum atomic E-state index is -3.11. The molecule has 276 valence electrons. The van der Waals surface area contributed by atoms with E-state index in [1.807, 2.05) is 60.7 Å². The number of nitrogens with two attached hydrogens (primary N) is 1. The van der Waals surface area contributed by atoms with Crippen molar-refractivity contribution in [1.82, 2.24) is 10.2 Å². The summed E-state index contributed by atoms with van der Waals surface area (Å²) in [6.07, 6.45) is -0.880. The van der Waals surface area contributed by atoms with Gasteiger partial charge in [-0.1, -0.05) is 80.2 Å². The Bertz CT molecular complexity index is 2010. The van der Waals surface area contributed by atoms with Crippen LogP contribution in [0.2, 0.25) is 0 Å². The first-order valence-corrected chi connectivity index (χ1v) is 17.5. The van der Waals surface area contributed by atoms with Gasteiger partial charge in [-0.3, -0.25) is 33.7 Å². The molecule has 12 heteroatoms. The number of hydrogen-bond donors (Lipinski definition) is 5. The first-order valence-electron chi connectivity index (χ1n) is 17.5. The predicted octanol–water partition coefficient (Wildman–Crippen LogP) is 1.99. The topological polar surface area (TPSA) is 204 Å². The number of Topliss-reactive ketones (excluding diaryl/α,β-unsaturated/α-hetero) is 4. The second-order valence-electron chi connectivity index (χ2n) is 14.6. The molecule has 2 saturated carbocycles. The number of aromatic hydroxyl groups is 1. The number of benzene rings is 3. The second-order valence-corrected chi connectivity index (χ2v) is 14.6. The number of rotatable bonds is 10. The number of likely N-dealkylation sites (N-methyl/N-ethyl adjacent to an activating group) is 1. The quantitative estimate of drug-likeness (QED) is 0.152. The molecule has 0 aliphatic heterocycles. The smallest absolute Gasteiger partial charge is 0.235 e. The number of nitrogens with one attached hydrogen (secondary N) is 1. The lowest BCUT2D eigenvalue weighted by molar-refractivity contribution is -0.196. The van der Waals surface area contributed by atoms with Gasteiger partial charge in [0.1, 0.15) is 5.75 Å². The molecule has 0 heterocycles. The van der Waals surface area contributed by atoms with E-state index in [1.54, 1.807) is 13.0 Å². The van der Waals surface area contributed by atoms with Crippen LogP contribution in [0, 0.1) is 23.7 Å². The summed E-state index contributed by atoms with van der Waals surface area (Å²) >= 11 is 0. The third kappa shape index (κ3) is 6.20. The lowest BCUT2D eigenvalue weighted by Gasteiger charge is -2.56. The Morgan fingerprint density at radius 3 is 2.13 bits per heavy atom. The molecule has 3 aliphatic carbocycles. The number of fused-ring (bicyclic) bond motifs is 3. The summed E-state index contributed by atoms with van der Waals surface area (Å²) in [5.41, 5.74) is 5.12. The molecule has 0 bridgehead atoms. The van der Waals surface area contributed by atoms with E-state index in [0.29, 0.717) is 24.0 Å². The van der Waals surface area contributed by atoms with Gasteiger partial charge in [-0.05, 0) is 66.7 Å². The largest absolute Gasteiger partial charge is 0.507 e. The fourth-order valence-corrected chi connectivity index (χ4v) is 8.85. The molecule has 0 saturated heterocycles. The highest BCUT2D eigenvalue weighted by atomic mass is 16.3. The first kappa shape index (κ1) is 37.5. The average Bonchev–Trinajstić information content (AvgIpc) is 3.12. The van der Waals surface area contributed by atoms with Gasteiger partial charge in [-0.2, -0.15) is 0 Å². The van der Waals surface area contributed by atoms with Crippen LogP contribution in [-0.2, 0) is 36.8 Å². The third-order valence-electron chi connectivity index (χ3n) is 11.3. The van der Waals surface area contributed by atoms with Crippen molar-refractivity contribution in [3.05, 3.63) is 113 Å². The predicted molar refractivity (Wildman–Crippen MR) is 192 cm³/mol. The van der Waals surface area contributed by atoms with Crippen LogP contribution in [0.1, 0.15) is 57.9 Å². The number of aliphatic hydroxyl groups is 2. The highest BCUT2D eigenvalue weighted by molar-refractivity contribution is 6.32. The van der Waals surface area contributed by atoms with Gasteiger partial charge in [0.2, 0.25) is 11.8 Å². The van der Waals surface area contributed by atoms with E-state index < -0.39 is 88.2 Å². The third-order valence-corrected chi connectivity index (χ3v) is 11.3. The second kappa shape index (κ2) is 14.3. The Kier molecular flexibility index (Phi) is 10.1. The van der Waals surface area contributed by atoms with Crippen LogP contribution < -0.4 is 11.1 Å². The molecule has 3 aliphatic rings. The maximum absolute atomic E-state index is 14.5. The molecular weight excluding hydrogens is 678 g/mol. The number of carbonyl (C=O) groups is 6. The Balaban J connectivity index is 1.46. The van der Waals surface area contributed by atoms with E-state index in [9.17, 15) is 44.1 Å². The maximum Gasteiger partial charge on any atom is 0.235 e. The Morgan fingerprint density at radius 1 is 0.943 bits per heavy atom. The number of phenols is 1. The fraction of sp³-hybridized carbons (Fsp3) is 0.366. The minimum Gasteiger partial charge on any atom is -0.507 e. The van der Waals surface area contributed by atoms with Crippen molar-refractivity contribution in [2.75, 3.05) is 14.1 Å². The number of aliphatic hydroxyl groups excluding tert-OH is 1. The molecule has 12 nitrogen and oxygen atoms in total. The van der Waals surface area contributed by atoms with Crippen molar-refractivity contribution < 1.29 is 44.1 Å². The molecule has 3 aromatic carbocycles. The van der Waals surface area contributed by atoms with Gasteiger partial charge in [0, 0.05) is 12.3 Å². The molecule has 9 atom stereocenters. The maximum atomic E-state index is 14.5.